The Hall–Kier alpha value is -1.13. The van der Waals surface area contributed by atoms with Crippen molar-refractivity contribution in [2.45, 2.75) is 13.3 Å². The van der Waals surface area contributed by atoms with E-state index in [0.29, 0.717) is 0 Å². The van der Waals surface area contributed by atoms with Crippen LogP contribution in [0.3, 0.4) is 0 Å². The van der Waals surface area contributed by atoms with Gasteiger partial charge >= 0.3 is 18.1 Å². The summed E-state index contributed by atoms with van der Waals surface area (Å²) in [7, 11) is 0. The molecular weight excluding hydrogens is 344 g/mol. The van der Waals surface area contributed by atoms with Crippen molar-refractivity contribution in [3.8, 4) is 5.88 Å². The molecule has 1 aromatic heterocycles. The van der Waals surface area contributed by atoms with Gasteiger partial charge in [-0.15, -0.1) is 13.2 Å². The van der Waals surface area contributed by atoms with Crippen LogP contribution < -0.4 is 4.74 Å². The van der Waals surface area contributed by atoms with Crippen molar-refractivity contribution in [1.29, 1.82) is 0 Å². The van der Waals surface area contributed by atoms with Crippen molar-refractivity contribution < 1.29 is 22.8 Å². The highest BCUT2D eigenvalue weighted by Crippen LogP contribution is 2.28. The topological polar surface area (TPSA) is 65.3 Å². The molecule has 0 saturated heterocycles. The molecular formula is C7H4F3IN2O3. The van der Waals surface area contributed by atoms with Crippen LogP contribution in [-0.4, -0.2) is 16.3 Å². The standard InChI is InChI=1S/C7H4F3IN2O3/c1-3-4(11)2-5(16-7(8,9)10)12-6(3)13(14)15/h2H,1H3. The van der Waals surface area contributed by atoms with E-state index in [1.807, 2.05) is 0 Å². The van der Waals surface area contributed by atoms with E-state index < -0.39 is 23.0 Å². The Morgan fingerprint density at radius 2 is 2.12 bits per heavy atom. The fourth-order valence-corrected chi connectivity index (χ4v) is 1.40. The summed E-state index contributed by atoms with van der Waals surface area (Å²) >= 11 is 1.67. The van der Waals surface area contributed by atoms with Gasteiger partial charge in [-0.05, 0) is 34.4 Å². The third-order valence-electron chi connectivity index (χ3n) is 1.55. The van der Waals surface area contributed by atoms with Crippen molar-refractivity contribution in [3.63, 3.8) is 0 Å². The normalized spacial score (nSPS) is 11.3. The van der Waals surface area contributed by atoms with E-state index in [-0.39, 0.29) is 9.13 Å². The maximum atomic E-state index is 11.9. The first-order chi connectivity index (χ1) is 7.20. The molecule has 1 aromatic rings. The highest BCUT2D eigenvalue weighted by atomic mass is 127. The van der Waals surface area contributed by atoms with Crippen LogP contribution in [-0.2, 0) is 0 Å². The van der Waals surface area contributed by atoms with Crippen LogP contribution in [0.4, 0.5) is 19.0 Å². The number of hydrogen-bond donors (Lipinski definition) is 0. The molecule has 0 spiro atoms. The number of nitrogens with zero attached hydrogens (tertiary/aromatic N) is 2. The highest BCUT2D eigenvalue weighted by molar-refractivity contribution is 14.1. The number of hydrogen-bond acceptors (Lipinski definition) is 4. The van der Waals surface area contributed by atoms with E-state index in [0.717, 1.165) is 6.07 Å². The summed E-state index contributed by atoms with van der Waals surface area (Å²) in [4.78, 5) is 12.8. The Labute approximate surface area is 101 Å². The Morgan fingerprint density at radius 1 is 1.56 bits per heavy atom. The maximum absolute atomic E-state index is 11.9. The molecule has 0 fully saturated rings. The maximum Gasteiger partial charge on any atom is 0.575 e. The van der Waals surface area contributed by atoms with Crippen molar-refractivity contribution in [2.75, 3.05) is 0 Å². The second-order valence-corrected chi connectivity index (χ2v) is 3.86. The number of halogens is 4. The average molecular weight is 348 g/mol. The first-order valence-corrected chi connectivity index (χ1v) is 4.86. The minimum Gasteiger partial charge on any atom is -0.366 e. The number of pyridine rings is 1. The smallest absolute Gasteiger partial charge is 0.366 e. The molecule has 1 heterocycles. The molecule has 88 valence electrons. The summed E-state index contributed by atoms with van der Waals surface area (Å²) in [5.41, 5.74) is 0.195. The van der Waals surface area contributed by atoms with Gasteiger partial charge in [-0.3, -0.25) is 0 Å². The van der Waals surface area contributed by atoms with Crippen molar-refractivity contribution in [2.24, 2.45) is 0 Å². The first kappa shape index (κ1) is 12.9. The molecule has 0 N–H and O–H groups in total. The van der Waals surface area contributed by atoms with Gasteiger partial charge in [0, 0.05) is 14.6 Å². The lowest BCUT2D eigenvalue weighted by Crippen LogP contribution is -2.18. The second-order valence-electron chi connectivity index (χ2n) is 2.70. The molecule has 0 aliphatic carbocycles. The summed E-state index contributed by atoms with van der Waals surface area (Å²) in [6, 6.07) is 0.983. The van der Waals surface area contributed by atoms with Gasteiger partial charge in [0.25, 0.3) is 0 Å². The van der Waals surface area contributed by atoms with E-state index >= 15 is 0 Å². The highest BCUT2D eigenvalue weighted by Gasteiger charge is 2.34. The molecule has 0 atom stereocenters. The number of nitro groups is 1. The van der Waals surface area contributed by atoms with E-state index in [9.17, 15) is 23.3 Å². The summed E-state index contributed by atoms with van der Waals surface area (Å²) in [6.45, 7) is 1.39. The molecule has 0 amide bonds. The molecule has 0 radical (unpaired) electrons. The molecule has 0 unspecified atom stereocenters. The fourth-order valence-electron chi connectivity index (χ4n) is 0.893. The van der Waals surface area contributed by atoms with Gasteiger partial charge in [0.05, 0.1) is 5.56 Å². The summed E-state index contributed by atoms with van der Waals surface area (Å²) < 4.78 is 39.4. The number of aromatic nitrogens is 1. The van der Waals surface area contributed by atoms with Crippen LogP contribution in [0, 0.1) is 20.6 Å². The lowest BCUT2D eigenvalue weighted by atomic mass is 10.3. The Balaban J connectivity index is 3.19. The summed E-state index contributed by atoms with van der Waals surface area (Å²) in [5.74, 6) is -1.49. The van der Waals surface area contributed by atoms with Gasteiger partial charge in [0.1, 0.15) is 0 Å². The monoisotopic (exact) mass is 348 g/mol. The Bertz CT molecular complexity index is 436. The van der Waals surface area contributed by atoms with Gasteiger partial charge in [0.2, 0.25) is 0 Å². The number of alkyl halides is 3. The van der Waals surface area contributed by atoms with Gasteiger partial charge in [-0.25, -0.2) is 0 Å². The molecule has 5 nitrogen and oxygen atoms in total. The van der Waals surface area contributed by atoms with Crippen molar-refractivity contribution in [3.05, 3.63) is 25.3 Å². The molecule has 0 aromatic carbocycles. The fraction of sp³-hybridized carbons (Fsp3) is 0.286. The van der Waals surface area contributed by atoms with Crippen LogP contribution in [0.25, 0.3) is 0 Å². The van der Waals surface area contributed by atoms with Crippen LogP contribution in [0.2, 0.25) is 0 Å². The number of ether oxygens (including phenoxy) is 1. The third-order valence-corrected chi connectivity index (χ3v) is 2.67. The van der Waals surface area contributed by atoms with E-state index in [2.05, 4.69) is 9.72 Å². The zero-order valence-corrected chi connectivity index (χ0v) is 9.87. The van der Waals surface area contributed by atoms with E-state index in [1.165, 1.54) is 6.92 Å². The number of rotatable bonds is 2. The minimum atomic E-state index is -4.92. The molecule has 1 rings (SSSR count). The zero-order chi connectivity index (χ0) is 12.5. The quantitative estimate of drug-likeness (QED) is 0.468. The molecule has 0 bridgehead atoms. The first-order valence-electron chi connectivity index (χ1n) is 3.78. The van der Waals surface area contributed by atoms with Crippen molar-refractivity contribution >= 4 is 28.4 Å². The lowest BCUT2D eigenvalue weighted by molar-refractivity contribution is -0.390. The largest absolute Gasteiger partial charge is 0.575 e. The van der Waals surface area contributed by atoms with Crippen LogP contribution in [0.15, 0.2) is 6.07 Å². The predicted molar refractivity (Wildman–Crippen MR) is 55.0 cm³/mol. The Kier molecular flexibility index (Phi) is 3.55. The lowest BCUT2D eigenvalue weighted by Gasteiger charge is -2.06. The van der Waals surface area contributed by atoms with Gasteiger partial charge in [-0.2, -0.15) is 0 Å². The van der Waals surface area contributed by atoms with Crippen LogP contribution in [0.1, 0.15) is 5.56 Å². The second kappa shape index (κ2) is 4.39. The third kappa shape index (κ3) is 3.18. The van der Waals surface area contributed by atoms with E-state index in [1.54, 1.807) is 22.6 Å². The average Bonchev–Trinajstić information content (AvgIpc) is 2.07. The molecule has 9 heteroatoms. The van der Waals surface area contributed by atoms with Gasteiger partial charge in [-0.1, -0.05) is 0 Å². The summed E-state index contributed by atoms with van der Waals surface area (Å²) in [5, 5.41) is 10.5. The van der Waals surface area contributed by atoms with Crippen molar-refractivity contribution in [1.82, 2.24) is 4.98 Å². The molecule has 16 heavy (non-hydrogen) atoms. The molecule has 0 aliphatic rings. The van der Waals surface area contributed by atoms with Crippen LogP contribution in [0.5, 0.6) is 5.88 Å². The predicted octanol–water partition coefficient (Wildman–Crippen LogP) is 2.80. The van der Waals surface area contributed by atoms with E-state index in [4.69, 9.17) is 0 Å². The minimum absolute atomic E-state index is 0.195. The van der Waals surface area contributed by atoms with Gasteiger partial charge < -0.3 is 14.9 Å². The Morgan fingerprint density at radius 3 is 2.56 bits per heavy atom. The molecule has 0 saturated carbocycles. The van der Waals surface area contributed by atoms with Gasteiger partial charge in [0.15, 0.2) is 0 Å². The SMILES string of the molecule is Cc1c(I)cc(OC(F)(F)F)nc1[N+](=O)[O-]. The zero-order valence-electron chi connectivity index (χ0n) is 7.71. The van der Waals surface area contributed by atoms with Crippen LogP contribution >= 0.6 is 22.6 Å². The molecule has 0 aliphatic heterocycles. The summed E-state index contributed by atoms with van der Waals surface area (Å²) in [6.07, 6.45) is -4.92.